The predicted molar refractivity (Wildman–Crippen MR) is 102 cm³/mol. The molecule has 5 nitrogen and oxygen atoms in total. The fourth-order valence-electron chi connectivity index (χ4n) is 4.25. The van der Waals surface area contributed by atoms with E-state index in [4.69, 9.17) is 0 Å². The summed E-state index contributed by atoms with van der Waals surface area (Å²) in [7, 11) is 0. The van der Waals surface area contributed by atoms with Crippen molar-refractivity contribution in [3.63, 3.8) is 0 Å². The van der Waals surface area contributed by atoms with Crippen LogP contribution in [-0.4, -0.2) is 48.2 Å². The topological polar surface area (TPSA) is 49.9 Å². The number of Topliss-reactive ketones (excluding diaryl/α,β-unsaturated/α-hetero) is 1. The number of anilines is 1. The summed E-state index contributed by atoms with van der Waals surface area (Å²) >= 11 is 0. The van der Waals surface area contributed by atoms with Gasteiger partial charge >= 0.3 is 0 Å². The number of benzene rings is 1. The van der Waals surface area contributed by atoms with E-state index in [0.29, 0.717) is 18.3 Å². The van der Waals surface area contributed by atoms with E-state index in [1.54, 1.807) is 6.07 Å². The maximum absolute atomic E-state index is 12.9. The van der Waals surface area contributed by atoms with Gasteiger partial charge in [0.25, 0.3) is 0 Å². The summed E-state index contributed by atoms with van der Waals surface area (Å²) in [6.07, 6.45) is 2.48. The normalized spacial score (nSPS) is 18.3. The summed E-state index contributed by atoms with van der Waals surface area (Å²) in [6.45, 7) is 8.32. The highest BCUT2D eigenvalue weighted by molar-refractivity contribution is 5.98. The number of nitrogens with one attached hydrogen (secondary N) is 1. The number of phenols is 1. The first-order valence-electron chi connectivity index (χ1n) is 9.62. The van der Waals surface area contributed by atoms with E-state index in [1.807, 2.05) is 18.2 Å². The molecular formula is C21H28N3O2+. The maximum atomic E-state index is 12.9. The lowest BCUT2D eigenvalue weighted by Crippen LogP contribution is -3.15. The Morgan fingerprint density at radius 2 is 1.88 bits per heavy atom. The minimum absolute atomic E-state index is 0.260. The van der Waals surface area contributed by atoms with Gasteiger partial charge in [0, 0.05) is 23.0 Å². The van der Waals surface area contributed by atoms with Crippen LogP contribution in [0.15, 0.2) is 30.3 Å². The second-order valence-electron chi connectivity index (χ2n) is 7.71. The van der Waals surface area contributed by atoms with Crippen LogP contribution < -0.4 is 9.80 Å². The van der Waals surface area contributed by atoms with Crippen LogP contribution in [0.3, 0.4) is 0 Å². The smallest absolute Gasteiger partial charge is 0.218 e. The van der Waals surface area contributed by atoms with Crippen LogP contribution in [0.4, 0.5) is 5.69 Å². The van der Waals surface area contributed by atoms with Gasteiger partial charge in [-0.05, 0) is 44.9 Å². The fraction of sp³-hybridized carbons (Fsp3) is 0.476. The molecule has 1 saturated heterocycles. The van der Waals surface area contributed by atoms with Crippen molar-refractivity contribution >= 4 is 11.5 Å². The number of carbonyl (C=O) groups excluding carboxylic acids is 1. The number of rotatable bonds is 5. The minimum atomic E-state index is 0.260. The highest BCUT2D eigenvalue weighted by Gasteiger charge is 2.30. The van der Waals surface area contributed by atoms with Gasteiger partial charge in [-0.15, -0.1) is 0 Å². The standard InChI is InChI=1S/C21H27N3O2/c1-15-13-18(16(2)24(15)17-7-8-17)21(26)14-22-9-11-23(12-10-22)19-5-3-4-6-20(19)25/h3-6,13,17,25H,7-12,14H2,1-2H3/p+1. The Labute approximate surface area is 154 Å². The van der Waals surface area contributed by atoms with Crippen LogP contribution in [0.1, 0.15) is 40.6 Å². The molecule has 2 fully saturated rings. The summed E-state index contributed by atoms with van der Waals surface area (Å²) in [5, 5.41) is 10.0. The van der Waals surface area contributed by atoms with Gasteiger partial charge in [-0.1, -0.05) is 12.1 Å². The Morgan fingerprint density at radius 3 is 2.54 bits per heavy atom. The zero-order chi connectivity index (χ0) is 18.3. The third-order valence-corrected chi connectivity index (χ3v) is 5.80. The molecule has 0 bridgehead atoms. The van der Waals surface area contributed by atoms with Crippen LogP contribution in [0.25, 0.3) is 0 Å². The zero-order valence-electron chi connectivity index (χ0n) is 15.7. The number of nitrogens with zero attached hydrogens (tertiary/aromatic N) is 2. The maximum Gasteiger partial charge on any atom is 0.218 e. The molecular weight excluding hydrogens is 326 g/mol. The third-order valence-electron chi connectivity index (χ3n) is 5.80. The van der Waals surface area contributed by atoms with Crippen molar-refractivity contribution in [2.24, 2.45) is 0 Å². The van der Waals surface area contributed by atoms with Crippen molar-refractivity contribution in [3.8, 4) is 5.75 Å². The summed E-state index contributed by atoms with van der Waals surface area (Å²) < 4.78 is 2.35. The van der Waals surface area contributed by atoms with Gasteiger partial charge in [0.15, 0.2) is 0 Å². The average molecular weight is 354 g/mol. The number of phenolic OH excluding ortho intramolecular Hbond substituents is 1. The molecule has 4 rings (SSSR count). The number of aromatic hydroxyl groups is 1. The summed E-state index contributed by atoms with van der Waals surface area (Å²) in [5.74, 6) is 0.593. The Bertz CT molecular complexity index is 815. The second-order valence-corrected chi connectivity index (χ2v) is 7.71. The van der Waals surface area contributed by atoms with Gasteiger partial charge in [-0.3, -0.25) is 4.79 Å². The number of piperazine rings is 1. The highest BCUT2D eigenvalue weighted by Crippen LogP contribution is 2.38. The molecule has 2 heterocycles. The first-order valence-corrected chi connectivity index (χ1v) is 9.62. The van der Waals surface area contributed by atoms with Gasteiger partial charge in [0.05, 0.1) is 31.9 Å². The molecule has 0 spiro atoms. The largest absolute Gasteiger partial charge is 0.506 e. The van der Waals surface area contributed by atoms with Crippen molar-refractivity contribution in [3.05, 3.63) is 47.3 Å². The fourth-order valence-corrected chi connectivity index (χ4v) is 4.25. The van der Waals surface area contributed by atoms with Gasteiger partial charge < -0.3 is 19.5 Å². The van der Waals surface area contributed by atoms with Crippen molar-refractivity contribution in [2.45, 2.75) is 32.7 Å². The zero-order valence-corrected chi connectivity index (χ0v) is 15.7. The first kappa shape index (κ1) is 17.2. The van der Waals surface area contributed by atoms with Crippen molar-refractivity contribution in [1.82, 2.24) is 4.57 Å². The molecule has 5 heteroatoms. The second kappa shape index (κ2) is 6.80. The van der Waals surface area contributed by atoms with Crippen LogP contribution in [0, 0.1) is 13.8 Å². The number of aromatic nitrogens is 1. The molecule has 1 aliphatic heterocycles. The third kappa shape index (κ3) is 3.23. The van der Waals surface area contributed by atoms with Crippen LogP contribution in [0.2, 0.25) is 0 Å². The van der Waals surface area contributed by atoms with Crippen LogP contribution in [-0.2, 0) is 0 Å². The van der Waals surface area contributed by atoms with Crippen molar-refractivity contribution < 1.29 is 14.8 Å². The quantitative estimate of drug-likeness (QED) is 0.804. The van der Waals surface area contributed by atoms with Crippen LogP contribution >= 0.6 is 0 Å². The lowest BCUT2D eigenvalue weighted by molar-refractivity contribution is -0.892. The first-order chi connectivity index (χ1) is 12.5. The SMILES string of the molecule is Cc1cc(C(=O)C[NH+]2CCN(c3ccccc3O)CC2)c(C)n1C1CC1. The highest BCUT2D eigenvalue weighted by atomic mass is 16.3. The Morgan fingerprint density at radius 1 is 1.19 bits per heavy atom. The molecule has 0 atom stereocenters. The molecule has 1 saturated carbocycles. The Hall–Kier alpha value is -2.27. The Balaban J connectivity index is 1.38. The molecule has 0 radical (unpaired) electrons. The molecule has 2 aliphatic rings. The van der Waals surface area contributed by atoms with E-state index >= 15 is 0 Å². The van der Waals surface area contributed by atoms with Crippen LogP contribution in [0.5, 0.6) is 5.75 Å². The molecule has 1 aromatic carbocycles. The number of para-hydroxylation sites is 2. The number of carbonyl (C=O) groups is 1. The number of aryl methyl sites for hydroxylation is 1. The van der Waals surface area contributed by atoms with Gasteiger partial charge in [-0.2, -0.15) is 0 Å². The summed E-state index contributed by atoms with van der Waals surface area (Å²) in [5.41, 5.74) is 4.16. The van der Waals surface area contributed by atoms with E-state index in [0.717, 1.165) is 43.1 Å². The summed E-state index contributed by atoms with van der Waals surface area (Å²) in [6, 6.07) is 10.2. The molecule has 138 valence electrons. The number of hydrogen-bond donors (Lipinski definition) is 2. The monoisotopic (exact) mass is 354 g/mol. The lowest BCUT2D eigenvalue weighted by atomic mass is 10.1. The van der Waals surface area contributed by atoms with Crippen molar-refractivity contribution in [2.75, 3.05) is 37.6 Å². The molecule has 0 amide bonds. The predicted octanol–water partition coefficient (Wildman–Crippen LogP) is 1.73. The van der Waals surface area contributed by atoms with E-state index in [2.05, 4.69) is 29.4 Å². The van der Waals surface area contributed by atoms with Gasteiger partial charge in [0.1, 0.15) is 12.3 Å². The average Bonchev–Trinajstić information content (AvgIpc) is 3.41. The molecule has 1 aliphatic carbocycles. The number of hydrogen-bond acceptors (Lipinski definition) is 3. The van der Waals surface area contributed by atoms with Gasteiger partial charge in [-0.25, -0.2) is 0 Å². The summed E-state index contributed by atoms with van der Waals surface area (Å²) in [4.78, 5) is 16.4. The van der Waals surface area contributed by atoms with E-state index in [-0.39, 0.29) is 5.78 Å². The molecule has 2 N–H and O–H groups in total. The van der Waals surface area contributed by atoms with E-state index in [1.165, 1.54) is 23.4 Å². The van der Waals surface area contributed by atoms with Gasteiger partial charge in [0.2, 0.25) is 5.78 Å². The van der Waals surface area contributed by atoms with E-state index < -0.39 is 0 Å². The number of ketones is 1. The number of quaternary nitrogens is 1. The van der Waals surface area contributed by atoms with Crippen molar-refractivity contribution in [1.29, 1.82) is 0 Å². The molecule has 0 unspecified atom stereocenters. The van der Waals surface area contributed by atoms with E-state index in [9.17, 15) is 9.90 Å². The molecule has 26 heavy (non-hydrogen) atoms. The lowest BCUT2D eigenvalue weighted by Gasteiger charge is -2.33. The minimum Gasteiger partial charge on any atom is -0.506 e. The molecule has 2 aromatic rings. The Kier molecular flexibility index (Phi) is 4.49. The molecule has 1 aromatic heterocycles.